The molecule has 1 N–H and O–H groups in total. The number of likely N-dealkylation sites (tertiary alicyclic amines) is 1. The van der Waals surface area contributed by atoms with Crippen molar-refractivity contribution in [2.24, 2.45) is 0 Å². The van der Waals surface area contributed by atoms with E-state index in [1.54, 1.807) is 12.1 Å². The molecule has 2 heterocycles. The molecule has 1 unspecified atom stereocenters. The van der Waals surface area contributed by atoms with Crippen LogP contribution in [0, 0.1) is 0 Å². The van der Waals surface area contributed by atoms with Crippen LogP contribution in [0.1, 0.15) is 16.9 Å². The second-order valence-corrected chi connectivity index (χ2v) is 3.95. The van der Waals surface area contributed by atoms with Gasteiger partial charge in [0.1, 0.15) is 6.10 Å². The van der Waals surface area contributed by atoms with E-state index >= 15 is 0 Å². The van der Waals surface area contributed by atoms with E-state index in [9.17, 15) is 4.79 Å². The van der Waals surface area contributed by atoms with E-state index in [0.717, 1.165) is 19.5 Å². The van der Waals surface area contributed by atoms with Gasteiger partial charge in [-0.05, 0) is 25.6 Å². The lowest BCUT2D eigenvalue weighted by Crippen LogP contribution is -2.22. The van der Waals surface area contributed by atoms with Crippen LogP contribution >= 0.6 is 0 Å². The molecule has 0 aliphatic carbocycles. The lowest BCUT2D eigenvalue weighted by molar-refractivity contribution is 0.0682. The number of rotatable bonds is 3. The number of ether oxygens (including phenoxy) is 1. The van der Waals surface area contributed by atoms with Gasteiger partial charge >= 0.3 is 5.97 Å². The molecule has 5 nitrogen and oxygen atoms in total. The first-order valence-corrected chi connectivity index (χ1v) is 5.20. The Kier molecular flexibility index (Phi) is 3.05. The maximum Gasteiger partial charge on any atom is 0.358 e. The summed E-state index contributed by atoms with van der Waals surface area (Å²) in [5.74, 6) is -0.697. The van der Waals surface area contributed by atoms with Crippen LogP contribution in [0.4, 0.5) is 0 Å². The van der Waals surface area contributed by atoms with Crippen LogP contribution in [0.2, 0.25) is 0 Å². The van der Waals surface area contributed by atoms with Crippen LogP contribution < -0.4 is 4.74 Å². The fourth-order valence-corrected chi connectivity index (χ4v) is 1.82. The van der Waals surface area contributed by atoms with Gasteiger partial charge in [-0.25, -0.2) is 9.78 Å². The van der Waals surface area contributed by atoms with Crippen molar-refractivity contribution < 1.29 is 14.6 Å². The summed E-state index contributed by atoms with van der Waals surface area (Å²) in [6.45, 7) is 1.81. The number of carbonyl (C=O) groups is 1. The average molecular weight is 222 g/mol. The molecule has 1 aliphatic heterocycles. The van der Waals surface area contributed by atoms with E-state index in [-0.39, 0.29) is 11.8 Å². The zero-order valence-electron chi connectivity index (χ0n) is 9.09. The number of aromatic carboxylic acids is 1. The molecule has 0 saturated carbocycles. The molecule has 16 heavy (non-hydrogen) atoms. The number of carboxylic acid groups (broad SMARTS) is 1. The van der Waals surface area contributed by atoms with Crippen molar-refractivity contribution in [3.8, 4) is 5.75 Å². The molecule has 1 saturated heterocycles. The van der Waals surface area contributed by atoms with Gasteiger partial charge in [0, 0.05) is 19.3 Å². The van der Waals surface area contributed by atoms with E-state index in [1.165, 1.54) is 6.20 Å². The van der Waals surface area contributed by atoms with Crippen molar-refractivity contribution in [3.63, 3.8) is 0 Å². The summed E-state index contributed by atoms with van der Waals surface area (Å²) < 4.78 is 5.65. The fourth-order valence-electron chi connectivity index (χ4n) is 1.82. The Labute approximate surface area is 93.7 Å². The van der Waals surface area contributed by atoms with Gasteiger partial charge in [0.25, 0.3) is 0 Å². The van der Waals surface area contributed by atoms with Gasteiger partial charge in [0.2, 0.25) is 0 Å². The highest BCUT2D eigenvalue weighted by Gasteiger charge is 2.23. The first-order valence-electron chi connectivity index (χ1n) is 5.20. The third kappa shape index (κ3) is 2.30. The zero-order valence-corrected chi connectivity index (χ0v) is 9.09. The highest BCUT2D eigenvalue weighted by Crippen LogP contribution is 2.20. The highest BCUT2D eigenvalue weighted by atomic mass is 16.5. The number of carboxylic acids is 1. The summed E-state index contributed by atoms with van der Waals surface area (Å²) in [7, 11) is 2.02. The molecular weight excluding hydrogens is 208 g/mol. The minimum Gasteiger partial charge on any atom is -0.486 e. The second kappa shape index (κ2) is 4.49. The summed E-state index contributed by atoms with van der Waals surface area (Å²) >= 11 is 0. The van der Waals surface area contributed by atoms with E-state index in [1.807, 2.05) is 7.05 Å². The fraction of sp³-hybridized carbons (Fsp3) is 0.455. The molecule has 1 aromatic rings. The highest BCUT2D eigenvalue weighted by molar-refractivity contribution is 5.88. The third-order valence-corrected chi connectivity index (χ3v) is 2.62. The molecule has 0 aromatic carbocycles. The van der Waals surface area contributed by atoms with Crippen LogP contribution in [0.25, 0.3) is 0 Å². The first kappa shape index (κ1) is 10.9. The number of aromatic nitrogens is 1. The minimum absolute atomic E-state index is 0.0166. The van der Waals surface area contributed by atoms with Crippen molar-refractivity contribution in [1.82, 2.24) is 9.88 Å². The summed E-state index contributed by atoms with van der Waals surface area (Å²) in [5.41, 5.74) is -0.0166. The topological polar surface area (TPSA) is 62.7 Å². The minimum atomic E-state index is -1.05. The molecule has 5 heteroatoms. The summed E-state index contributed by atoms with van der Waals surface area (Å²) in [6, 6.07) is 3.33. The van der Waals surface area contributed by atoms with Crippen LogP contribution in [-0.2, 0) is 0 Å². The smallest absolute Gasteiger partial charge is 0.358 e. The van der Waals surface area contributed by atoms with Gasteiger partial charge in [-0.1, -0.05) is 0 Å². The van der Waals surface area contributed by atoms with Crippen molar-refractivity contribution in [2.75, 3.05) is 20.1 Å². The molecule has 2 rings (SSSR count). The standard InChI is InChI=1S/C11H14N2O3/c1-13-6-4-8(7-13)16-9-3-2-5-12-10(9)11(14)15/h2-3,5,8H,4,6-7H2,1H3,(H,14,15). The van der Waals surface area contributed by atoms with Crippen LogP contribution in [0.15, 0.2) is 18.3 Å². The number of nitrogens with zero attached hydrogens (tertiary/aromatic N) is 2. The van der Waals surface area contributed by atoms with E-state index in [0.29, 0.717) is 5.75 Å². The molecule has 0 bridgehead atoms. The van der Waals surface area contributed by atoms with Crippen LogP contribution in [0.5, 0.6) is 5.75 Å². The SMILES string of the molecule is CN1CCC(Oc2cccnc2C(=O)O)C1. The Balaban J connectivity index is 2.12. The maximum atomic E-state index is 10.9. The molecule has 1 aromatic heterocycles. The number of hydrogen-bond donors (Lipinski definition) is 1. The molecule has 86 valence electrons. The number of pyridine rings is 1. The Hall–Kier alpha value is -1.62. The molecule has 1 aliphatic rings. The predicted octanol–water partition coefficient (Wildman–Crippen LogP) is 0.863. The normalized spacial score (nSPS) is 20.9. The molecule has 0 spiro atoms. The Bertz CT molecular complexity index is 395. The first-order chi connectivity index (χ1) is 7.66. The van der Waals surface area contributed by atoms with E-state index < -0.39 is 5.97 Å². The monoisotopic (exact) mass is 222 g/mol. The van der Waals surface area contributed by atoms with Crippen molar-refractivity contribution in [2.45, 2.75) is 12.5 Å². The summed E-state index contributed by atoms with van der Waals surface area (Å²) in [5, 5.41) is 8.94. The third-order valence-electron chi connectivity index (χ3n) is 2.62. The van der Waals surface area contributed by atoms with Gasteiger partial charge in [0.05, 0.1) is 0 Å². The van der Waals surface area contributed by atoms with Crippen LogP contribution in [0.3, 0.4) is 0 Å². The Morgan fingerprint density at radius 1 is 1.69 bits per heavy atom. The second-order valence-electron chi connectivity index (χ2n) is 3.95. The quantitative estimate of drug-likeness (QED) is 0.822. The van der Waals surface area contributed by atoms with Gasteiger partial charge in [-0.15, -0.1) is 0 Å². The van der Waals surface area contributed by atoms with E-state index in [4.69, 9.17) is 9.84 Å². The zero-order chi connectivity index (χ0) is 11.5. The van der Waals surface area contributed by atoms with Crippen molar-refractivity contribution >= 4 is 5.97 Å². The Morgan fingerprint density at radius 2 is 2.50 bits per heavy atom. The molecule has 1 atom stereocenters. The molecule has 0 radical (unpaired) electrons. The lowest BCUT2D eigenvalue weighted by atomic mass is 10.3. The van der Waals surface area contributed by atoms with Gasteiger partial charge < -0.3 is 14.7 Å². The lowest BCUT2D eigenvalue weighted by Gasteiger charge is -2.14. The van der Waals surface area contributed by atoms with Crippen LogP contribution in [-0.4, -0.2) is 47.2 Å². The largest absolute Gasteiger partial charge is 0.486 e. The number of likely N-dealkylation sites (N-methyl/N-ethyl adjacent to an activating group) is 1. The molecule has 1 fully saturated rings. The van der Waals surface area contributed by atoms with E-state index in [2.05, 4.69) is 9.88 Å². The molecule has 0 amide bonds. The molecular formula is C11H14N2O3. The Morgan fingerprint density at radius 3 is 3.12 bits per heavy atom. The maximum absolute atomic E-state index is 10.9. The van der Waals surface area contributed by atoms with Crippen molar-refractivity contribution in [3.05, 3.63) is 24.0 Å². The predicted molar refractivity (Wildman–Crippen MR) is 57.7 cm³/mol. The average Bonchev–Trinajstić information content (AvgIpc) is 2.64. The summed E-state index contributed by atoms with van der Waals surface area (Å²) in [6.07, 6.45) is 2.44. The number of hydrogen-bond acceptors (Lipinski definition) is 4. The van der Waals surface area contributed by atoms with Gasteiger partial charge in [-0.2, -0.15) is 0 Å². The van der Waals surface area contributed by atoms with Gasteiger partial charge in [0.15, 0.2) is 11.4 Å². The van der Waals surface area contributed by atoms with Gasteiger partial charge in [-0.3, -0.25) is 0 Å². The van der Waals surface area contributed by atoms with Crippen molar-refractivity contribution in [1.29, 1.82) is 0 Å². The summed E-state index contributed by atoms with van der Waals surface area (Å²) in [4.78, 5) is 16.9.